The number of rotatable bonds is 6. The van der Waals surface area contributed by atoms with Gasteiger partial charge < -0.3 is 14.8 Å². The van der Waals surface area contributed by atoms with Gasteiger partial charge in [-0.1, -0.05) is 18.2 Å². The van der Waals surface area contributed by atoms with E-state index in [0.29, 0.717) is 30.0 Å². The Morgan fingerprint density at radius 3 is 2.59 bits per heavy atom. The van der Waals surface area contributed by atoms with Crippen molar-refractivity contribution in [3.8, 4) is 11.6 Å². The van der Waals surface area contributed by atoms with E-state index in [0.717, 1.165) is 38.0 Å². The molecule has 3 heterocycles. The molecule has 0 atom stereocenters. The first-order chi connectivity index (χ1) is 15.7. The van der Waals surface area contributed by atoms with Crippen LogP contribution >= 0.6 is 0 Å². The topological polar surface area (TPSA) is 102 Å². The van der Waals surface area contributed by atoms with E-state index in [4.69, 9.17) is 9.47 Å². The van der Waals surface area contributed by atoms with Crippen LogP contribution in [-0.4, -0.2) is 45.2 Å². The minimum absolute atomic E-state index is 0.338. The van der Waals surface area contributed by atoms with Crippen LogP contribution in [0.1, 0.15) is 25.7 Å². The Hall–Kier alpha value is -3.75. The van der Waals surface area contributed by atoms with Gasteiger partial charge in [-0.05, 0) is 61.9 Å². The summed E-state index contributed by atoms with van der Waals surface area (Å²) in [6.45, 7) is 1.32. The second kappa shape index (κ2) is 8.78. The summed E-state index contributed by atoms with van der Waals surface area (Å²) in [5.41, 5.74) is -0.429. The average Bonchev–Trinajstić information content (AvgIpc) is 3.16. The quantitative estimate of drug-likeness (QED) is 0.622. The summed E-state index contributed by atoms with van der Waals surface area (Å²) < 4.78 is 11.5. The molecular weight excluding hydrogens is 408 g/mol. The molecule has 32 heavy (non-hydrogen) atoms. The largest absolute Gasteiger partial charge is 0.441 e. The fraction of sp³-hybridized carbons (Fsp3) is 0.348. The number of benzene rings is 1. The predicted octanol–water partition coefficient (Wildman–Crippen LogP) is 4.06. The molecule has 1 aliphatic heterocycles. The Morgan fingerprint density at radius 2 is 1.88 bits per heavy atom. The van der Waals surface area contributed by atoms with Crippen molar-refractivity contribution in [3.05, 3.63) is 60.8 Å². The first-order valence-corrected chi connectivity index (χ1v) is 10.8. The molecule has 2 fully saturated rings. The van der Waals surface area contributed by atoms with Crippen LogP contribution in [0.15, 0.2) is 60.8 Å². The van der Waals surface area contributed by atoms with Gasteiger partial charge in [0.05, 0.1) is 6.54 Å². The predicted molar refractivity (Wildman–Crippen MR) is 118 cm³/mol. The van der Waals surface area contributed by atoms with Crippen molar-refractivity contribution in [2.75, 3.05) is 23.3 Å². The number of hydrogen-bond donors (Lipinski definition) is 1. The average molecular weight is 432 g/mol. The number of ether oxygens (including phenoxy) is 2. The maximum atomic E-state index is 12.4. The lowest BCUT2D eigenvalue weighted by Gasteiger charge is -2.35. The zero-order chi connectivity index (χ0) is 21.8. The van der Waals surface area contributed by atoms with Gasteiger partial charge in [0.25, 0.3) is 0 Å². The van der Waals surface area contributed by atoms with Gasteiger partial charge in [0.1, 0.15) is 17.2 Å². The third-order valence-corrected chi connectivity index (χ3v) is 6.00. The third kappa shape index (κ3) is 4.46. The normalized spacial score (nSPS) is 22.6. The third-order valence-electron chi connectivity index (χ3n) is 6.00. The van der Waals surface area contributed by atoms with E-state index in [2.05, 4.69) is 25.7 Å². The van der Waals surface area contributed by atoms with Crippen LogP contribution in [0.4, 0.5) is 16.4 Å². The van der Waals surface area contributed by atoms with E-state index in [1.165, 1.54) is 0 Å². The molecular formula is C23H24N6O3. The minimum atomic E-state index is -0.429. The summed E-state index contributed by atoms with van der Waals surface area (Å²) in [7, 11) is 0. The second-order valence-corrected chi connectivity index (χ2v) is 8.22. The summed E-state index contributed by atoms with van der Waals surface area (Å²) in [4.78, 5) is 14.0. The minimum Gasteiger partial charge on any atom is -0.441 e. The molecule has 1 saturated carbocycles. The fourth-order valence-corrected chi connectivity index (χ4v) is 4.23. The maximum absolute atomic E-state index is 12.4. The van der Waals surface area contributed by atoms with Gasteiger partial charge in [-0.2, -0.15) is 5.10 Å². The molecule has 3 aromatic rings. The number of amides is 1. The number of aromatic nitrogens is 4. The van der Waals surface area contributed by atoms with Gasteiger partial charge >= 0.3 is 6.09 Å². The molecule has 164 valence electrons. The highest BCUT2D eigenvalue weighted by atomic mass is 16.6. The van der Waals surface area contributed by atoms with Gasteiger partial charge in [0.15, 0.2) is 5.82 Å². The Labute approximate surface area is 185 Å². The van der Waals surface area contributed by atoms with Crippen molar-refractivity contribution in [3.63, 3.8) is 0 Å². The lowest BCUT2D eigenvalue weighted by molar-refractivity contribution is 0.0148. The molecule has 1 aromatic carbocycles. The molecule has 2 aromatic heterocycles. The Balaban J connectivity index is 1.11. The summed E-state index contributed by atoms with van der Waals surface area (Å²) in [6, 6.07) is 16.7. The van der Waals surface area contributed by atoms with Crippen molar-refractivity contribution in [2.45, 2.75) is 31.3 Å². The van der Waals surface area contributed by atoms with Crippen LogP contribution in [0.25, 0.3) is 0 Å². The van der Waals surface area contributed by atoms with E-state index >= 15 is 0 Å². The van der Waals surface area contributed by atoms with E-state index in [1.54, 1.807) is 29.3 Å². The van der Waals surface area contributed by atoms with Crippen LogP contribution in [0.5, 0.6) is 11.6 Å². The van der Waals surface area contributed by atoms with Gasteiger partial charge in [-0.25, -0.2) is 4.79 Å². The van der Waals surface area contributed by atoms with Crippen LogP contribution in [-0.2, 0) is 4.74 Å². The number of hydrogen-bond acceptors (Lipinski definition) is 8. The molecule has 1 aliphatic carbocycles. The molecule has 9 nitrogen and oxygen atoms in total. The van der Waals surface area contributed by atoms with E-state index < -0.39 is 5.60 Å². The van der Waals surface area contributed by atoms with Gasteiger partial charge in [-0.15, -0.1) is 15.3 Å². The molecule has 9 heteroatoms. The van der Waals surface area contributed by atoms with Crippen LogP contribution < -0.4 is 15.0 Å². The Morgan fingerprint density at radius 1 is 1.03 bits per heavy atom. The molecule has 1 spiro atoms. The lowest BCUT2D eigenvalue weighted by atomic mass is 9.78. The molecule has 0 radical (unpaired) electrons. The maximum Gasteiger partial charge on any atom is 0.416 e. The molecule has 5 rings (SSSR count). The van der Waals surface area contributed by atoms with Crippen molar-refractivity contribution in [1.82, 2.24) is 20.4 Å². The highest BCUT2D eigenvalue weighted by molar-refractivity contribution is 5.89. The highest BCUT2D eigenvalue weighted by Gasteiger charge is 2.48. The summed E-state index contributed by atoms with van der Waals surface area (Å²) in [6.07, 6.45) is 4.85. The van der Waals surface area contributed by atoms with Crippen LogP contribution in [0, 0.1) is 5.92 Å². The molecule has 2 aliphatic rings. The van der Waals surface area contributed by atoms with Crippen LogP contribution in [0.2, 0.25) is 0 Å². The lowest BCUT2D eigenvalue weighted by Crippen LogP contribution is -2.39. The van der Waals surface area contributed by atoms with Gasteiger partial charge in [0.2, 0.25) is 5.88 Å². The zero-order valence-electron chi connectivity index (χ0n) is 17.6. The first kappa shape index (κ1) is 20.2. The SMILES string of the molecule is O=C1OC2(CCC(CNc3ccc(Oc4ccccc4)nn3)CC2)CN1c1cccnn1. The number of anilines is 2. The monoisotopic (exact) mass is 432 g/mol. The van der Waals surface area contributed by atoms with E-state index in [1.807, 2.05) is 36.4 Å². The summed E-state index contributed by atoms with van der Waals surface area (Å²) in [5, 5.41) is 19.6. The second-order valence-electron chi connectivity index (χ2n) is 8.22. The standard InChI is InChI=1S/C23H24N6O3/c30-22-29(20-7-4-14-25-27-20)16-23(32-22)12-10-17(11-13-23)15-24-19-8-9-21(28-26-19)31-18-5-2-1-3-6-18/h1-9,14,17H,10-13,15-16H2,(H,24,26). The molecule has 0 bridgehead atoms. The number of carbonyl (C=O) groups is 1. The molecule has 1 saturated heterocycles. The van der Waals surface area contributed by atoms with E-state index in [-0.39, 0.29) is 6.09 Å². The van der Waals surface area contributed by atoms with Gasteiger partial charge in [0, 0.05) is 18.8 Å². The summed E-state index contributed by atoms with van der Waals surface area (Å²) in [5.74, 6) is 2.91. The van der Waals surface area contributed by atoms with Gasteiger partial charge in [-0.3, -0.25) is 4.90 Å². The van der Waals surface area contributed by atoms with Crippen molar-refractivity contribution in [1.29, 1.82) is 0 Å². The number of nitrogens with one attached hydrogen (secondary N) is 1. The molecule has 0 unspecified atom stereocenters. The number of nitrogens with zero attached hydrogens (tertiary/aromatic N) is 5. The Bertz CT molecular complexity index is 1040. The summed E-state index contributed by atoms with van der Waals surface area (Å²) >= 11 is 0. The molecule has 1 amide bonds. The smallest absolute Gasteiger partial charge is 0.416 e. The first-order valence-electron chi connectivity index (χ1n) is 10.8. The van der Waals surface area contributed by atoms with Crippen molar-refractivity contribution < 1.29 is 14.3 Å². The van der Waals surface area contributed by atoms with Crippen LogP contribution in [0.3, 0.4) is 0 Å². The highest BCUT2D eigenvalue weighted by Crippen LogP contribution is 2.40. The molecule has 1 N–H and O–H groups in total. The fourth-order valence-electron chi connectivity index (χ4n) is 4.23. The zero-order valence-corrected chi connectivity index (χ0v) is 17.6. The van der Waals surface area contributed by atoms with E-state index in [9.17, 15) is 4.79 Å². The van der Waals surface area contributed by atoms with Crippen molar-refractivity contribution in [2.24, 2.45) is 5.92 Å². The van der Waals surface area contributed by atoms with Crippen molar-refractivity contribution >= 4 is 17.7 Å². The Kier molecular flexibility index (Phi) is 5.53. The number of para-hydroxylation sites is 1. The number of carbonyl (C=O) groups excluding carboxylic acids is 1.